The van der Waals surface area contributed by atoms with Crippen molar-refractivity contribution < 1.29 is 21.6 Å². The average molecular weight is 353 g/mol. The van der Waals surface area contributed by atoms with E-state index in [1.165, 1.54) is 36.6 Å². The molecule has 19 heavy (non-hydrogen) atoms. The molecule has 0 spiro atoms. The van der Waals surface area contributed by atoms with Gasteiger partial charge in [-0.1, -0.05) is 40.0 Å². The maximum absolute atomic E-state index is 2.39. The SMILES string of the molecule is CC(C)CCCC(C)CCSC(N(C)C)=[N+](C)C.[Br-]. The van der Waals surface area contributed by atoms with E-state index in [0.29, 0.717) is 0 Å². The Morgan fingerprint density at radius 1 is 1.05 bits per heavy atom. The number of hydrogen-bond acceptors (Lipinski definition) is 1. The quantitative estimate of drug-likeness (QED) is 0.379. The second kappa shape index (κ2) is 12.1. The van der Waals surface area contributed by atoms with Gasteiger partial charge < -0.3 is 17.0 Å². The van der Waals surface area contributed by atoms with Gasteiger partial charge in [-0.25, -0.2) is 0 Å². The van der Waals surface area contributed by atoms with Gasteiger partial charge in [-0.2, -0.15) is 0 Å². The van der Waals surface area contributed by atoms with E-state index >= 15 is 0 Å². The predicted molar refractivity (Wildman–Crippen MR) is 85.7 cm³/mol. The summed E-state index contributed by atoms with van der Waals surface area (Å²) in [6.07, 6.45) is 5.48. The molecule has 0 aliphatic heterocycles. The third-order valence-corrected chi connectivity index (χ3v) is 4.51. The van der Waals surface area contributed by atoms with Gasteiger partial charge in [0.2, 0.25) is 0 Å². The van der Waals surface area contributed by atoms with Crippen LogP contribution in [0.25, 0.3) is 0 Å². The topological polar surface area (TPSA) is 6.25 Å². The Labute approximate surface area is 135 Å². The first-order valence-electron chi connectivity index (χ1n) is 7.19. The Morgan fingerprint density at radius 3 is 2.05 bits per heavy atom. The van der Waals surface area contributed by atoms with Gasteiger partial charge in [-0.3, -0.25) is 9.48 Å². The van der Waals surface area contributed by atoms with Crippen molar-refractivity contribution in [2.45, 2.75) is 46.5 Å². The standard InChI is InChI=1S/C15H33N2S.BrH/c1-13(2)9-8-10-14(3)11-12-18-15(16(4)5)17(6)7;/h13-14H,8-12H2,1-7H3;1H/q+1;/p-1. The molecule has 0 aromatic carbocycles. The molecule has 0 aliphatic rings. The lowest BCUT2D eigenvalue weighted by atomic mass is 9.98. The summed E-state index contributed by atoms with van der Waals surface area (Å²) in [5, 5.41) is 1.35. The van der Waals surface area contributed by atoms with E-state index < -0.39 is 0 Å². The van der Waals surface area contributed by atoms with Gasteiger partial charge in [-0.15, -0.1) is 0 Å². The number of halogens is 1. The minimum atomic E-state index is 0. The summed E-state index contributed by atoms with van der Waals surface area (Å²) in [7, 11) is 8.48. The largest absolute Gasteiger partial charge is 1.00 e. The van der Waals surface area contributed by atoms with Crippen molar-refractivity contribution in [3.63, 3.8) is 0 Å². The molecule has 2 nitrogen and oxygen atoms in total. The third-order valence-electron chi connectivity index (χ3n) is 3.09. The molecule has 0 amide bonds. The molecular formula is C15H33BrN2S. The second-order valence-electron chi connectivity index (χ2n) is 6.14. The van der Waals surface area contributed by atoms with Crippen LogP contribution in [0.5, 0.6) is 0 Å². The summed E-state index contributed by atoms with van der Waals surface area (Å²) in [5.41, 5.74) is 0. The fraction of sp³-hybridized carbons (Fsp3) is 0.933. The molecule has 0 aromatic rings. The lowest BCUT2D eigenvalue weighted by Crippen LogP contribution is -3.00. The minimum Gasteiger partial charge on any atom is -1.00 e. The smallest absolute Gasteiger partial charge is 0.307 e. The predicted octanol–water partition coefficient (Wildman–Crippen LogP) is 0.766. The van der Waals surface area contributed by atoms with Crippen molar-refractivity contribution in [3.05, 3.63) is 0 Å². The van der Waals surface area contributed by atoms with Crippen molar-refractivity contribution in [2.75, 3.05) is 33.9 Å². The van der Waals surface area contributed by atoms with Crippen LogP contribution in [0.3, 0.4) is 0 Å². The summed E-state index contributed by atoms with van der Waals surface area (Å²) < 4.78 is 2.20. The Kier molecular flexibility index (Phi) is 13.7. The molecule has 116 valence electrons. The summed E-state index contributed by atoms with van der Waals surface area (Å²) >= 11 is 1.97. The average Bonchev–Trinajstić information content (AvgIpc) is 2.22. The Bertz CT molecular complexity index is 249. The van der Waals surface area contributed by atoms with Gasteiger partial charge in [0.15, 0.2) is 0 Å². The lowest BCUT2D eigenvalue weighted by molar-refractivity contribution is -0.466. The molecule has 0 rings (SSSR count). The lowest BCUT2D eigenvalue weighted by Gasteiger charge is -2.13. The normalized spacial score (nSPS) is 12.0. The molecule has 0 N–H and O–H groups in total. The van der Waals surface area contributed by atoms with E-state index in [-0.39, 0.29) is 17.0 Å². The van der Waals surface area contributed by atoms with Gasteiger partial charge in [0.1, 0.15) is 0 Å². The van der Waals surface area contributed by atoms with Gasteiger partial charge in [0, 0.05) is 5.75 Å². The van der Waals surface area contributed by atoms with Gasteiger partial charge >= 0.3 is 5.17 Å². The fourth-order valence-corrected chi connectivity index (χ4v) is 3.25. The third kappa shape index (κ3) is 11.8. The first-order chi connectivity index (χ1) is 8.34. The fourth-order valence-electron chi connectivity index (χ4n) is 2.03. The van der Waals surface area contributed by atoms with E-state index in [2.05, 4.69) is 58.4 Å². The van der Waals surface area contributed by atoms with Crippen LogP contribution in [0.2, 0.25) is 0 Å². The van der Waals surface area contributed by atoms with Gasteiger partial charge in [0.05, 0.1) is 28.2 Å². The van der Waals surface area contributed by atoms with Crippen LogP contribution in [-0.2, 0) is 0 Å². The first kappa shape index (κ1) is 21.6. The van der Waals surface area contributed by atoms with Crippen molar-refractivity contribution in [3.8, 4) is 0 Å². The van der Waals surface area contributed by atoms with Gasteiger partial charge in [0.25, 0.3) is 0 Å². The molecule has 1 unspecified atom stereocenters. The molecule has 0 saturated heterocycles. The number of rotatable bonds is 7. The Hall–Kier alpha value is 0.300. The van der Waals surface area contributed by atoms with Crippen LogP contribution in [-0.4, -0.2) is 48.6 Å². The van der Waals surface area contributed by atoms with Crippen LogP contribution >= 0.6 is 11.8 Å². The number of amidine groups is 1. The summed E-state index contributed by atoms with van der Waals surface area (Å²) in [5.74, 6) is 2.95. The molecular weight excluding hydrogens is 320 g/mol. The number of nitrogens with zero attached hydrogens (tertiary/aromatic N) is 2. The van der Waals surface area contributed by atoms with Gasteiger partial charge in [-0.05, 0) is 30.0 Å². The minimum absolute atomic E-state index is 0. The summed E-state index contributed by atoms with van der Waals surface area (Å²) in [4.78, 5) is 2.20. The molecule has 0 heterocycles. The number of thioether (sulfide) groups is 1. The van der Waals surface area contributed by atoms with Crippen molar-refractivity contribution in [1.29, 1.82) is 0 Å². The van der Waals surface area contributed by atoms with Crippen LogP contribution in [0.1, 0.15) is 46.5 Å². The van der Waals surface area contributed by atoms with Crippen molar-refractivity contribution >= 4 is 16.9 Å². The van der Waals surface area contributed by atoms with E-state index in [4.69, 9.17) is 0 Å². The van der Waals surface area contributed by atoms with Crippen molar-refractivity contribution in [2.24, 2.45) is 11.8 Å². The molecule has 0 radical (unpaired) electrons. The van der Waals surface area contributed by atoms with Crippen molar-refractivity contribution in [1.82, 2.24) is 4.90 Å². The Balaban J connectivity index is 0. The monoisotopic (exact) mass is 352 g/mol. The van der Waals surface area contributed by atoms with E-state index in [1.54, 1.807) is 0 Å². The zero-order valence-corrected chi connectivity index (χ0v) is 16.3. The van der Waals surface area contributed by atoms with E-state index in [1.807, 2.05) is 11.8 Å². The van der Waals surface area contributed by atoms with Crippen LogP contribution in [0.15, 0.2) is 0 Å². The molecule has 0 fully saturated rings. The highest BCUT2D eigenvalue weighted by atomic mass is 79.9. The summed E-state index contributed by atoms with van der Waals surface area (Å²) in [6.45, 7) is 7.03. The number of hydrogen-bond donors (Lipinski definition) is 0. The highest BCUT2D eigenvalue weighted by Gasteiger charge is 2.13. The first-order valence-corrected chi connectivity index (χ1v) is 8.17. The van der Waals surface area contributed by atoms with E-state index in [0.717, 1.165) is 11.8 Å². The molecule has 0 aliphatic carbocycles. The Morgan fingerprint density at radius 2 is 1.63 bits per heavy atom. The molecule has 0 bridgehead atoms. The zero-order chi connectivity index (χ0) is 14.1. The highest BCUT2D eigenvalue weighted by Crippen LogP contribution is 2.18. The maximum atomic E-state index is 2.39. The molecule has 0 saturated carbocycles. The van der Waals surface area contributed by atoms with Crippen LogP contribution in [0.4, 0.5) is 0 Å². The zero-order valence-electron chi connectivity index (χ0n) is 13.9. The second-order valence-corrected chi connectivity index (χ2v) is 7.20. The maximum Gasteiger partial charge on any atom is 0.307 e. The molecule has 0 aromatic heterocycles. The molecule has 1 atom stereocenters. The summed E-state index contributed by atoms with van der Waals surface area (Å²) in [6, 6.07) is 0. The van der Waals surface area contributed by atoms with Crippen LogP contribution < -0.4 is 17.0 Å². The van der Waals surface area contributed by atoms with E-state index in [9.17, 15) is 0 Å². The van der Waals surface area contributed by atoms with Crippen LogP contribution in [0, 0.1) is 11.8 Å². The highest BCUT2D eigenvalue weighted by molar-refractivity contribution is 8.13. The molecule has 4 heteroatoms.